The minimum Gasteiger partial charge on any atom is -0.399 e. The molecular formula is C23H17BClF6NO2S. The Kier molecular flexibility index (Phi) is 6.59. The minimum atomic E-state index is -2.27. The van der Waals surface area contributed by atoms with Gasteiger partial charge in [0.15, 0.2) is 23.3 Å². The molecule has 184 valence electrons. The van der Waals surface area contributed by atoms with Gasteiger partial charge in [-0.1, -0.05) is 17.7 Å². The van der Waals surface area contributed by atoms with E-state index < -0.39 is 58.9 Å². The minimum absolute atomic E-state index is 0.121. The summed E-state index contributed by atoms with van der Waals surface area (Å²) in [4.78, 5) is 4.39. The number of halogens is 7. The maximum absolute atomic E-state index is 14.1. The van der Waals surface area contributed by atoms with Crippen molar-refractivity contribution < 1.29 is 35.7 Å². The Morgan fingerprint density at radius 2 is 1.40 bits per heavy atom. The van der Waals surface area contributed by atoms with Gasteiger partial charge in [0.05, 0.1) is 16.2 Å². The van der Waals surface area contributed by atoms with Gasteiger partial charge in [0.2, 0.25) is 5.82 Å². The van der Waals surface area contributed by atoms with Gasteiger partial charge in [-0.2, -0.15) is 0 Å². The summed E-state index contributed by atoms with van der Waals surface area (Å²) in [5.74, 6) is -11.2. The van der Waals surface area contributed by atoms with Gasteiger partial charge in [-0.3, -0.25) is 0 Å². The van der Waals surface area contributed by atoms with E-state index in [0.29, 0.717) is 15.9 Å². The fourth-order valence-electron chi connectivity index (χ4n) is 3.30. The number of hydrogen-bond donors (Lipinski definition) is 0. The Labute approximate surface area is 206 Å². The molecule has 0 bridgehead atoms. The van der Waals surface area contributed by atoms with E-state index in [0.717, 1.165) is 17.6 Å². The van der Waals surface area contributed by atoms with E-state index in [1.165, 1.54) is 18.2 Å². The lowest BCUT2D eigenvalue weighted by Crippen LogP contribution is -2.41. The zero-order chi connectivity index (χ0) is 25.9. The quantitative estimate of drug-likeness (QED) is 0.120. The van der Waals surface area contributed by atoms with Crippen molar-refractivity contribution in [2.75, 3.05) is 0 Å². The molecule has 1 aromatic heterocycles. The number of rotatable bonds is 4. The van der Waals surface area contributed by atoms with Crippen molar-refractivity contribution in [2.45, 2.75) is 38.9 Å². The molecule has 0 spiro atoms. The third-order valence-electron chi connectivity index (χ3n) is 6.00. The van der Waals surface area contributed by atoms with Crippen molar-refractivity contribution in [3.05, 3.63) is 69.1 Å². The van der Waals surface area contributed by atoms with Crippen LogP contribution in [0.25, 0.3) is 10.4 Å². The van der Waals surface area contributed by atoms with Crippen LogP contribution >= 0.6 is 22.9 Å². The third kappa shape index (κ3) is 4.50. The van der Waals surface area contributed by atoms with Gasteiger partial charge in [-0.25, -0.2) is 31.3 Å². The number of benzene rings is 2. The molecule has 2 aromatic carbocycles. The second-order valence-corrected chi connectivity index (χ2v) is 10.3. The second kappa shape index (κ2) is 8.95. The molecule has 2 heterocycles. The van der Waals surface area contributed by atoms with Gasteiger partial charge in [0.25, 0.3) is 0 Å². The van der Waals surface area contributed by atoms with E-state index in [1.54, 1.807) is 6.07 Å². The predicted octanol–water partition coefficient (Wildman–Crippen LogP) is 6.95. The fourth-order valence-corrected chi connectivity index (χ4v) is 4.52. The van der Waals surface area contributed by atoms with Crippen LogP contribution in [0.1, 0.15) is 32.6 Å². The van der Waals surface area contributed by atoms with Gasteiger partial charge in [0, 0.05) is 21.4 Å². The van der Waals surface area contributed by atoms with Crippen LogP contribution in [-0.2, 0) is 9.31 Å². The fraction of sp³-hybridized carbons (Fsp3) is 0.261. The topological polar surface area (TPSA) is 30.8 Å². The number of hydrogen-bond acceptors (Lipinski definition) is 4. The summed E-state index contributed by atoms with van der Waals surface area (Å²) in [5, 5.41) is -0.121. The average Bonchev–Trinajstić information content (AvgIpc) is 3.30. The summed E-state index contributed by atoms with van der Waals surface area (Å²) >= 11 is 6.96. The number of nitrogens with zero attached hydrogens (tertiary/aromatic N) is 1. The Bertz CT molecular complexity index is 1320. The number of thiophene rings is 1. The molecule has 0 N–H and O–H groups in total. The molecule has 0 unspecified atom stereocenters. The first-order valence-electron chi connectivity index (χ1n) is 10.2. The van der Waals surface area contributed by atoms with E-state index in [2.05, 4.69) is 4.99 Å². The van der Waals surface area contributed by atoms with E-state index in [1.807, 2.05) is 27.7 Å². The van der Waals surface area contributed by atoms with Gasteiger partial charge >= 0.3 is 7.12 Å². The Balaban J connectivity index is 1.83. The zero-order valence-electron chi connectivity index (χ0n) is 18.8. The lowest BCUT2D eigenvalue weighted by molar-refractivity contribution is 0.00578. The first-order chi connectivity index (χ1) is 16.2. The van der Waals surface area contributed by atoms with E-state index in [9.17, 15) is 26.3 Å². The molecular weight excluding hydrogens is 515 g/mol. The predicted molar refractivity (Wildman–Crippen MR) is 124 cm³/mol. The normalized spacial score (nSPS) is 17.1. The molecule has 3 nitrogen and oxygen atoms in total. The van der Waals surface area contributed by atoms with Crippen molar-refractivity contribution in [3.8, 4) is 10.4 Å². The molecule has 0 aliphatic carbocycles. The first kappa shape index (κ1) is 25.7. The van der Waals surface area contributed by atoms with Gasteiger partial charge in [-0.05, 0) is 51.5 Å². The van der Waals surface area contributed by atoms with Gasteiger partial charge in [-0.15, -0.1) is 11.3 Å². The molecule has 1 saturated heterocycles. The number of aliphatic imine (C=N–C) groups is 1. The van der Waals surface area contributed by atoms with Crippen LogP contribution in [0.3, 0.4) is 0 Å². The SMILES string of the molecule is CC1(C)OB(c2cc(-c3ccc(F)c(Cl)c3)sc2C=Nc2c(F)c(F)c(F)c(F)c2F)OC1(C)C. The molecule has 35 heavy (non-hydrogen) atoms. The summed E-state index contributed by atoms with van der Waals surface area (Å²) < 4.78 is 94.6. The summed E-state index contributed by atoms with van der Waals surface area (Å²) in [7, 11) is -0.932. The molecule has 4 rings (SSSR count). The summed E-state index contributed by atoms with van der Waals surface area (Å²) in [6, 6.07) is 5.69. The summed E-state index contributed by atoms with van der Waals surface area (Å²) in [6.07, 6.45) is 0.970. The molecule has 12 heteroatoms. The van der Waals surface area contributed by atoms with Crippen LogP contribution in [0.5, 0.6) is 0 Å². The smallest absolute Gasteiger partial charge is 0.399 e. The van der Waals surface area contributed by atoms with Crippen molar-refractivity contribution in [3.63, 3.8) is 0 Å². The van der Waals surface area contributed by atoms with E-state index in [4.69, 9.17) is 20.9 Å². The average molecular weight is 532 g/mol. The summed E-state index contributed by atoms with van der Waals surface area (Å²) in [6.45, 7) is 7.29. The van der Waals surface area contributed by atoms with Crippen LogP contribution in [-0.4, -0.2) is 24.5 Å². The highest BCUT2D eigenvalue weighted by Crippen LogP contribution is 2.38. The van der Waals surface area contributed by atoms with Crippen molar-refractivity contribution in [2.24, 2.45) is 4.99 Å². The van der Waals surface area contributed by atoms with Crippen molar-refractivity contribution in [1.29, 1.82) is 0 Å². The highest BCUT2D eigenvalue weighted by atomic mass is 35.5. The monoisotopic (exact) mass is 531 g/mol. The van der Waals surface area contributed by atoms with Gasteiger partial charge < -0.3 is 9.31 Å². The highest BCUT2D eigenvalue weighted by molar-refractivity contribution is 7.18. The van der Waals surface area contributed by atoms with Crippen LogP contribution in [0.2, 0.25) is 5.02 Å². The lowest BCUT2D eigenvalue weighted by Gasteiger charge is -2.32. The maximum Gasteiger partial charge on any atom is 0.496 e. The molecule has 3 aromatic rings. The standard InChI is InChI=1S/C23H17BClF6NO2S/c1-22(2)23(3,4)34-24(33-22)11-8-14(10-5-6-13(26)12(25)7-10)35-15(11)9-32-21-19(30)17(28)16(27)18(29)20(21)31/h5-9H,1-4H3. The molecule has 0 amide bonds. The van der Waals surface area contributed by atoms with Crippen LogP contribution < -0.4 is 5.46 Å². The van der Waals surface area contributed by atoms with Crippen molar-refractivity contribution >= 4 is 47.4 Å². The Morgan fingerprint density at radius 3 is 1.94 bits per heavy atom. The van der Waals surface area contributed by atoms with E-state index in [-0.39, 0.29) is 9.90 Å². The second-order valence-electron chi connectivity index (χ2n) is 8.82. The third-order valence-corrected chi connectivity index (χ3v) is 7.42. The highest BCUT2D eigenvalue weighted by Gasteiger charge is 2.52. The van der Waals surface area contributed by atoms with Crippen molar-refractivity contribution in [1.82, 2.24) is 0 Å². The zero-order valence-corrected chi connectivity index (χ0v) is 20.4. The van der Waals surface area contributed by atoms with Crippen LogP contribution in [0.4, 0.5) is 32.0 Å². The van der Waals surface area contributed by atoms with Crippen LogP contribution in [0, 0.1) is 34.9 Å². The van der Waals surface area contributed by atoms with Gasteiger partial charge in [0.1, 0.15) is 11.5 Å². The molecule has 1 fully saturated rings. The van der Waals surface area contributed by atoms with Crippen LogP contribution in [0.15, 0.2) is 29.3 Å². The largest absolute Gasteiger partial charge is 0.496 e. The first-order valence-corrected chi connectivity index (χ1v) is 11.4. The summed E-state index contributed by atoms with van der Waals surface area (Å²) in [5.41, 5.74) is -1.86. The Hall–Kier alpha value is -2.34. The lowest BCUT2D eigenvalue weighted by atomic mass is 9.79. The maximum atomic E-state index is 14.1. The Morgan fingerprint density at radius 1 is 0.857 bits per heavy atom. The molecule has 1 aliphatic heterocycles. The molecule has 0 radical (unpaired) electrons. The molecule has 0 saturated carbocycles. The molecule has 0 atom stereocenters. The molecule has 1 aliphatic rings. The van der Waals surface area contributed by atoms with E-state index >= 15 is 0 Å².